The van der Waals surface area contributed by atoms with Crippen LogP contribution in [-0.2, 0) is 14.8 Å². The molecule has 0 aliphatic heterocycles. The third kappa shape index (κ3) is 5.35. The summed E-state index contributed by atoms with van der Waals surface area (Å²) in [7, 11) is -3.87. The number of anilines is 1. The highest BCUT2D eigenvalue weighted by Crippen LogP contribution is 2.25. The van der Waals surface area contributed by atoms with Crippen LogP contribution < -0.4 is 9.62 Å². The minimum absolute atomic E-state index is 0.0444. The van der Waals surface area contributed by atoms with Crippen LogP contribution in [0.5, 0.6) is 0 Å². The Bertz CT molecular complexity index is 876. The number of carbonyl (C=O) groups excluding carboxylic acids is 1. The highest BCUT2D eigenvalue weighted by atomic mass is 32.2. The van der Waals surface area contributed by atoms with Crippen molar-refractivity contribution >= 4 is 21.6 Å². The number of benzene rings is 2. The predicted molar refractivity (Wildman–Crippen MR) is 114 cm³/mol. The summed E-state index contributed by atoms with van der Waals surface area (Å²) in [5, 5.41) is 2.89. The summed E-state index contributed by atoms with van der Waals surface area (Å²) in [6.45, 7) is 9.82. The molecule has 0 saturated carbocycles. The molecule has 5 nitrogen and oxygen atoms in total. The van der Waals surface area contributed by atoms with Gasteiger partial charge in [0, 0.05) is 6.04 Å². The average Bonchev–Trinajstić information content (AvgIpc) is 2.66. The number of carbonyl (C=O) groups is 1. The van der Waals surface area contributed by atoms with Crippen LogP contribution in [0.1, 0.15) is 46.1 Å². The number of amides is 1. The van der Waals surface area contributed by atoms with Gasteiger partial charge in [0.15, 0.2) is 0 Å². The molecule has 2 aromatic carbocycles. The molecule has 2 aromatic rings. The van der Waals surface area contributed by atoms with Crippen molar-refractivity contribution in [3.8, 4) is 0 Å². The number of hydrogen-bond donors (Lipinski definition) is 1. The van der Waals surface area contributed by atoms with Gasteiger partial charge in [-0.25, -0.2) is 8.42 Å². The molecule has 1 amide bonds. The summed E-state index contributed by atoms with van der Waals surface area (Å²) in [5.41, 5.74) is 1.58. The predicted octanol–water partition coefficient (Wildman–Crippen LogP) is 4.17. The van der Waals surface area contributed by atoms with Crippen molar-refractivity contribution in [1.82, 2.24) is 5.32 Å². The van der Waals surface area contributed by atoms with Crippen LogP contribution in [-0.4, -0.2) is 26.9 Å². The molecule has 1 N–H and O–H groups in total. The van der Waals surface area contributed by atoms with Crippen LogP contribution in [0, 0.1) is 5.92 Å². The monoisotopic (exact) mass is 402 g/mol. The lowest BCUT2D eigenvalue weighted by Gasteiger charge is -2.26. The van der Waals surface area contributed by atoms with Gasteiger partial charge in [-0.15, -0.1) is 0 Å². The lowest BCUT2D eigenvalue weighted by molar-refractivity contribution is -0.120. The van der Waals surface area contributed by atoms with Crippen molar-refractivity contribution in [3.05, 3.63) is 60.2 Å². The van der Waals surface area contributed by atoms with Crippen LogP contribution >= 0.6 is 0 Å². The van der Waals surface area contributed by atoms with Crippen LogP contribution in [0.3, 0.4) is 0 Å². The molecule has 0 aromatic heterocycles. The van der Waals surface area contributed by atoms with Gasteiger partial charge in [0.25, 0.3) is 10.0 Å². The highest BCUT2D eigenvalue weighted by Gasteiger charge is 2.27. The first-order valence-electron chi connectivity index (χ1n) is 9.60. The summed E-state index contributed by atoms with van der Waals surface area (Å²) in [4.78, 5) is 12.7. The largest absolute Gasteiger partial charge is 0.352 e. The van der Waals surface area contributed by atoms with Crippen molar-refractivity contribution < 1.29 is 13.2 Å². The van der Waals surface area contributed by atoms with Crippen molar-refractivity contribution in [1.29, 1.82) is 0 Å². The Morgan fingerprint density at radius 2 is 1.50 bits per heavy atom. The Labute approximate surface area is 168 Å². The van der Waals surface area contributed by atoms with Gasteiger partial charge in [0.05, 0.1) is 10.6 Å². The Balaban J connectivity index is 2.39. The van der Waals surface area contributed by atoms with E-state index in [-0.39, 0.29) is 29.3 Å². The summed E-state index contributed by atoms with van der Waals surface area (Å²) in [6, 6.07) is 15.5. The van der Waals surface area contributed by atoms with Crippen LogP contribution in [0.4, 0.5) is 5.69 Å². The molecule has 0 aliphatic rings. The molecule has 152 valence electrons. The number of nitrogens with one attached hydrogen (secondary N) is 1. The second-order valence-electron chi connectivity index (χ2n) is 7.67. The second-order valence-corrected chi connectivity index (χ2v) is 9.53. The number of hydrogen-bond acceptors (Lipinski definition) is 3. The molecule has 0 fully saturated rings. The lowest BCUT2D eigenvalue weighted by atomic mass is 10.0. The van der Waals surface area contributed by atoms with Gasteiger partial charge in [0.1, 0.15) is 6.54 Å². The van der Waals surface area contributed by atoms with Crippen LogP contribution in [0.15, 0.2) is 59.5 Å². The van der Waals surface area contributed by atoms with Gasteiger partial charge >= 0.3 is 0 Å². The highest BCUT2D eigenvalue weighted by molar-refractivity contribution is 7.92. The van der Waals surface area contributed by atoms with Gasteiger partial charge in [-0.2, -0.15) is 0 Å². The Kier molecular flexibility index (Phi) is 7.24. The number of sulfonamides is 1. The standard InChI is InChI=1S/C22H30N2O3S/c1-16(2)18(5)23-22(25)15-24(20-13-11-19(12-14-20)17(3)4)28(26,27)21-9-7-6-8-10-21/h6-14,16-18H,15H2,1-5H3,(H,23,25)/t18-/m1/s1. The van der Waals surface area contributed by atoms with E-state index >= 15 is 0 Å². The molecule has 0 spiro atoms. The van der Waals surface area contributed by atoms with E-state index in [0.29, 0.717) is 11.6 Å². The first-order chi connectivity index (χ1) is 13.1. The van der Waals surface area contributed by atoms with E-state index in [1.807, 2.05) is 32.9 Å². The molecule has 0 saturated heterocycles. The van der Waals surface area contributed by atoms with E-state index in [9.17, 15) is 13.2 Å². The molecule has 28 heavy (non-hydrogen) atoms. The molecule has 0 radical (unpaired) electrons. The fourth-order valence-electron chi connectivity index (χ4n) is 2.66. The van der Waals surface area contributed by atoms with E-state index in [4.69, 9.17) is 0 Å². The quantitative estimate of drug-likeness (QED) is 0.721. The SMILES string of the molecule is CC(C)c1ccc(N(CC(=O)N[C@H](C)C(C)C)S(=O)(=O)c2ccccc2)cc1. The molecule has 6 heteroatoms. The Morgan fingerprint density at radius 3 is 2.00 bits per heavy atom. The zero-order chi connectivity index (χ0) is 20.9. The first-order valence-corrected chi connectivity index (χ1v) is 11.0. The van der Waals surface area contributed by atoms with E-state index in [2.05, 4.69) is 19.2 Å². The third-order valence-corrected chi connectivity index (χ3v) is 6.64. The van der Waals surface area contributed by atoms with Gasteiger partial charge in [-0.05, 0) is 48.6 Å². The van der Waals surface area contributed by atoms with Crippen molar-refractivity contribution in [3.63, 3.8) is 0 Å². The molecule has 0 unspecified atom stereocenters. The van der Waals surface area contributed by atoms with E-state index in [1.165, 1.54) is 4.31 Å². The normalized spacial score (nSPS) is 12.8. The molecular weight excluding hydrogens is 372 g/mol. The van der Waals surface area contributed by atoms with Crippen molar-refractivity contribution in [2.45, 2.75) is 51.5 Å². The summed E-state index contributed by atoms with van der Waals surface area (Å²) in [5.74, 6) is 0.269. The fraction of sp³-hybridized carbons (Fsp3) is 0.409. The van der Waals surface area contributed by atoms with E-state index < -0.39 is 10.0 Å². The Hall–Kier alpha value is -2.34. The van der Waals surface area contributed by atoms with E-state index in [1.54, 1.807) is 42.5 Å². The summed E-state index contributed by atoms with van der Waals surface area (Å²) >= 11 is 0. The molecule has 1 atom stereocenters. The van der Waals surface area contributed by atoms with Gasteiger partial charge in [-0.3, -0.25) is 9.10 Å². The molecule has 0 aliphatic carbocycles. The first kappa shape index (κ1) is 22.0. The third-order valence-electron chi connectivity index (χ3n) is 4.85. The molecule has 0 heterocycles. The number of nitrogens with zero attached hydrogens (tertiary/aromatic N) is 1. The Morgan fingerprint density at radius 1 is 0.929 bits per heavy atom. The van der Waals surface area contributed by atoms with Crippen molar-refractivity contribution in [2.75, 3.05) is 10.8 Å². The van der Waals surface area contributed by atoms with Crippen LogP contribution in [0.2, 0.25) is 0 Å². The average molecular weight is 403 g/mol. The van der Waals surface area contributed by atoms with Crippen molar-refractivity contribution in [2.24, 2.45) is 5.92 Å². The fourth-order valence-corrected chi connectivity index (χ4v) is 4.10. The summed E-state index contributed by atoms with van der Waals surface area (Å²) < 4.78 is 27.7. The number of rotatable bonds is 8. The summed E-state index contributed by atoms with van der Waals surface area (Å²) in [6.07, 6.45) is 0. The topological polar surface area (TPSA) is 66.5 Å². The van der Waals surface area contributed by atoms with E-state index in [0.717, 1.165) is 5.56 Å². The second kappa shape index (κ2) is 9.24. The molecule has 2 rings (SSSR count). The lowest BCUT2D eigenvalue weighted by Crippen LogP contribution is -2.45. The zero-order valence-electron chi connectivity index (χ0n) is 17.2. The maximum absolute atomic E-state index is 13.3. The zero-order valence-corrected chi connectivity index (χ0v) is 18.0. The minimum atomic E-state index is -3.87. The smallest absolute Gasteiger partial charge is 0.264 e. The molecular formula is C22H30N2O3S. The van der Waals surface area contributed by atoms with Gasteiger partial charge in [-0.1, -0.05) is 58.0 Å². The molecule has 0 bridgehead atoms. The van der Waals surface area contributed by atoms with Crippen LogP contribution in [0.25, 0.3) is 0 Å². The maximum atomic E-state index is 13.3. The maximum Gasteiger partial charge on any atom is 0.264 e. The van der Waals surface area contributed by atoms with Gasteiger partial charge < -0.3 is 5.32 Å². The van der Waals surface area contributed by atoms with Gasteiger partial charge in [0.2, 0.25) is 5.91 Å². The minimum Gasteiger partial charge on any atom is -0.352 e.